The molecule has 0 saturated heterocycles. The first kappa shape index (κ1) is 13.7. The van der Waals surface area contributed by atoms with Crippen molar-refractivity contribution in [2.45, 2.75) is 33.6 Å². The van der Waals surface area contributed by atoms with Crippen LogP contribution < -0.4 is 0 Å². The van der Waals surface area contributed by atoms with Crippen LogP contribution >= 0.6 is 0 Å². The number of ether oxygens (including phenoxy) is 1. The van der Waals surface area contributed by atoms with Crippen molar-refractivity contribution in [1.29, 1.82) is 0 Å². The van der Waals surface area contributed by atoms with Gasteiger partial charge in [0.2, 0.25) is 0 Å². The molecule has 15 heavy (non-hydrogen) atoms. The summed E-state index contributed by atoms with van der Waals surface area (Å²) in [5.74, 6) is 0.286. The second-order valence-electron chi connectivity index (χ2n) is 4.44. The Morgan fingerprint density at radius 1 is 1.33 bits per heavy atom. The summed E-state index contributed by atoms with van der Waals surface area (Å²) in [5.41, 5.74) is 1.43. The van der Waals surface area contributed by atoms with Gasteiger partial charge in [-0.2, -0.15) is 0 Å². The molecule has 0 atom stereocenters. The Morgan fingerprint density at radius 3 is 2.13 bits per heavy atom. The zero-order valence-electron chi connectivity index (χ0n) is 9.88. The number of hydrogen-bond acceptors (Lipinski definition) is 2. The second-order valence-corrected chi connectivity index (χ2v) is 4.44. The number of hydrogen-bond donors (Lipinski definition) is 0. The molecule has 0 aromatic heterocycles. The summed E-state index contributed by atoms with van der Waals surface area (Å²) in [6.07, 6.45) is 6.17. The summed E-state index contributed by atoms with van der Waals surface area (Å²) in [7, 11) is 0. The first-order chi connectivity index (χ1) is 6.91. The van der Waals surface area contributed by atoms with Gasteiger partial charge in [-0.15, -0.1) is 0 Å². The molecule has 0 unspecified atom stereocenters. The molecule has 1 aliphatic carbocycles. The van der Waals surface area contributed by atoms with Crippen LogP contribution in [0.3, 0.4) is 0 Å². The quantitative estimate of drug-likeness (QED) is 0.648. The van der Waals surface area contributed by atoms with E-state index in [4.69, 9.17) is 0 Å². The monoisotopic (exact) mass is 208 g/mol. The average Bonchev–Trinajstić information content (AvgIpc) is 2.01. The van der Waals surface area contributed by atoms with E-state index in [1.807, 2.05) is 6.92 Å². The summed E-state index contributed by atoms with van der Waals surface area (Å²) in [4.78, 5) is 11.0. The molecule has 0 heterocycles. The standard InChI is InChI=1S/C9H14O.C4H6O/c1-7-4-8(10)6-9(2,3)5-7;1-3-5-4-2/h4H,5-6H2,1-3H3;3-4H,1-2H2. The van der Waals surface area contributed by atoms with Crippen LogP contribution in [0.1, 0.15) is 33.6 Å². The fourth-order valence-electron chi connectivity index (χ4n) is 1.73. The van der Waals surface area contributed by atoms with Crippen LogP contribution in [-0.4, -0.2) is 5.78 Å². The zero-order chi connectivity index (χ0) is 11.9. The molecule has 1 rings (SSSR count). The molecule has 0 radical (unpaired) electrons. The maximum atomic E-state index is 11.0. The van der Waals surface area contributed by atoms with E-state index in [1.165, 1.54) is 18.1 Å². The van der Waals surface area contributed by atoms with Crippen molar-refractivity contribution in [3.63, 3.8) is 0 Å². The van der Waals surface area contributed by atoms with Crippen molar-refractivity contribution < 1.29 is 9.53 Å². The van der Waals surface area contributed by atoms with Gasteiger partial charge in [0.15, 0.2) is 5.78 Å². The predicted molar refractivity (Wildman–Crippen MR) is 63.3 cm³/mol. The molecule has 2 heteroatoms. The van der Waals surface area contributed by atoms with Crippen LogP contribution in [0.25, 0.3) is 0 Å². The van der Waals surface area contributed by atoms with E-state index in [-0.39, 0.29) is 11.2 Å². The molecule has 84 valence electrons. The molecule has 0 saturated carbocycles. The van der Waals surface area contributed by atoms with Gasteiger partial charge in [0, 0.05) is 6.42 Å². The second kappa shape index (κ2) is 6.23. The van der Waals surface area contributed by atoms with Gasteiger partial charge in [0.25, 0.3) is 0 Å². The highest BCUT2D eigenvalue weighted by atomic mass is 16.5. The summed E-state index contributed by atoms with van der Waals surface area (Å²) in [6, 6.07) is 0. The van der Waals surface area contributed by atoms with Crippen LogP contribution in [0.2, 0.25) is 0 Å². The zero-order valence-corrected chi connectivity index (χ0v) is 9.88. The highest BCUT2D eigenvalue weighted by Gasteiger charge is 2.25. The van der Waals surface area contributed by atoms with E-state index in [0.29, 0.717) is 6.42 Å². The molecule has 0 fully saturated rings. The molecule has 0 aromatic carbocycles. The third-order valence-electron chi connectivity index (χ3n) is 2.01. The molecule has 0 aliphatic heterocycles. The van der Waals surface area contributed by atoms with E-state index in [9.17, 15) is 4.79 Å². The molecular weight excluding hydrogens is 188 g/mol. The minimum absolute atomic E-state index is 0.204. The number of rotatable bonds is 2. The minimum atomic E-state index is 0.204. The minimum Gasteiger partial charge on any atom is -0.474 e. The molecule has 0 bridgehead atoms. The highest BCUT2D eigenvalue weighted by molar-refractivity contribution is 5.91. The lowest BCUT2D eigenvalue weighted by atomic mass is 9.77. The highest BCUT2D eigenvalue weighted by Crippen LogP contribution is 2.32. The van der Waals surface area contributed by atoms with Gasteiger partial charge in [-0.25, -0.2) is 0 Å². The van der Waals surface area contributed by atoms with E-state index in [0.717, 1.165) is 6.42 Å². The number of ketones is 1. The van der Waals surface area contributed by atoms with Crippen LogP contribution in [0.5, 0.6) is 0 Å². The van der Waals surface area contributed by atoms with Gasteiger partial charge < -0.3 is 4.74 Å². The van der Waals surface area contributed by atoms with Crippen LogP contribution in [-0.2, 0) is 9.53 Å². The third-order valence-corrected chi connectivity index (χ3v) is 2.01. The molecule has 0 amide bonds. The van der Waals surface area contributed by atoms with Gasteiger partial charge in [-0.3, -0.25) is 4.79 Å². The topological polar surface area (TPSA) is 26.3 Å². The number of allylic oxidation sites excluding steroid dienone is 2. The maximum Gasteiger partial charge on any atom is 0.156 e. The lowest BCUT2D eigenvalue weighted by molar-refractivity contribution is -0.117. The van der Waals surface area contributed by atoms with Crippen molar-refractivity contribution >= 4 is 5.78 Å². The molecule has 0 N–H and O–H groups in total. The van der Waals surface area contributed by atoms with E-state index < -0.39 is 0 Å². The first-order valence-corrected chi connectivity index (χ1v) is 4.98. The molecule has 0 aromatic rings. The SMILES string of the molecule is C=COC=C.CC1=CC(=O)CC(C)(C)C1. The van der Waals surface area contributed by atoms with E-state index in [1.54, 1.807) is 6.08 Å². The molecule has 0 spiro atoms. The largest absolute Gasteiger partial charge is 0.474 e. The maximum absolute atomic E-state index is 11.0. The smallest absolute Gasteiger partial charge is 0.156 e. The van der Waals surface area contributed by atoms with Gasteiger partial charge >= 0.3 is 0 Å². The molecule has 1 aliphatic rings. The van der Waals surface area contributed by atoms with Gasteiger partial charge in [-0.1, -0.05) is 32.6 Å². The lowest BCUT2D eigenvalue weighted by Gasteiger charge is -2.27. The predicted octanol–water partition coefficient (Wildman–Crippen LogP) is 3.61. The third kappa shape index (κ3) is 6.72. The molecular formula is C13H20O2. The average molecular weight is 208 g/mol. The Labute approximate surface area is 92.3 Å². The van der Waals surface area contributed by atoms with Gasteiger partial charge in [0.05, 0.1) is 12.5 Å². The Hall–Kier alpha value is -1.31. The lowest BCUT2D eigenvalue weighted by Crippen LogP contribution is -2.20. The Morgan fingerprint density at radius 2 is 1.87 bits per heavy atom. The van der Waals surface area contributed by atoms with Crippen LogP contribution in [0, 0.1) is 5.41 Å². The molecule has 2 nitrogen and oxygen atoms in total. The summed E-state index contributed by atoms with van der Waals surface area (Å²) >= 11 is 0. The summed E-state index contributed by atoms with van der Waals surface area (Å²) in [6.45, 7) is 12.8. The van der Waals surface area contributed by atoms with Crippen molar-refractivity contribution in [3.8, 4) is 0 Å². The van der Waals surface area contributed by atoms with Crippen LogP contribution in [0.15, 0.2) is 37.3 Å². The van der Waals surface area contributed by atoms with Gasteiger partial charge in [0.1, 0.15) is 0 Å². The summed E-state index contributed by atoms with van der Waals surface area (Å²) < 4.78 is 4.36. The number of carbonyl (C=O) groups is 1. The van der Waals surface area contributed by atoms with Crippen molar-refractivity contribution in [2.24, 2.45) is 5.41 Å². The van der Waals surface area contributed by atoms with E-state index in [2.05, 4.69) is 31.7 Å². The van der Waals surface area contributed by atoms with Crippen LogP contribution in [0.4, 0.5) is 0 Å². The number of carbonyl (C=O) groups excluding carboxylic acids is 1. The Bertz CT molecular complexity index is 266. The normalized spacial score (nSPS) is 18.1. The van der Waals surface area contributed by atoms with Crippen molar-refractivity contribution in [2.75, 3.05) is 0 Å². The van der Waals surface area contributed by atoms with Gasteiger partial charge in [-0.05, 0) is 24.8 Å². The Balaban J connectivity index is 0.000000336. The Kier molecular flexibility index (Phi) is 5.68. The van der Waals surface area contributed by atoms with Crippen molar-refractivity contribution in [1.82, 2.24) is 0 Å². The fraction of sp³-hybridized carbons (Fsp3) is 0.462. The first-order valence-electron chi connectivity index (χ1n) is 4.98. The van der Waals surface area contributed by atoms with E-state index >= 15 is 0 Å². The fourth-order valence-corrected chi connectivity index (χ4v) is 1.73. The van der Waals surface area contributed by atoms with Crippen molar-refractivity contribution in [3.05, 3.63) is 37.3 Å². The summed E-state index contributed by atoms with van der Waals surface area (Å²) in [5, 5.41) is 0.